The number of ether oxygens (including phenoxy) is 1. The van der Waals surface area contributed by atoms with Gasteiger partial charge in [-0.15, -0.1) is 0 Å². The Kier molecular flexibility index (Phi) is 4.62. The van der Waals surface area contributed by atoms with E-state index in [0.29, 0.717) is 12.1 Å². The molecule has 0 atom stereocenters. The van der Waals surface area contributed by atoms with Gasteiger partial charge in [0.2, 0.25) is 0 Å². The maximum Gasteiger partial charge on any atom is 0.339 e. The molecule has 2 aromatic rings. The van der Waals surface area contributed by atoms with E-state index in [-0.39, 0.29) is 5.97 Å². The van der Waals surface area contributed by atoms with Crippen LogP contribution in [0.3, 0.4) is 0 Å². The standard InChI is InChI=1S/C16H21N3O2/c1-5-14-12(10-19(3)18-14)9-17-15-7-6-11(2)8-13(15)16(20)21-4/h6-8,10,17H,5,9H2,1-4H3. The molecule has 5 heteroatoms. The number of anilines is 1. The van der Waals surface area contributed by atoms with Crippen LogP contribution in [0.5, 0.6) is 0 Å². The van der Waals surface area contributed by atoms with Gasteiger partial charge >= 0.3 is 5.97 Å². The molecule has 0 radical (unpaired) electrons. The van der Waals surface area contributed by atoms with Gasteiger partial charge in [-0.3, -0.25) is 4.68 Å². The number of aryl methyl sites for hydroxylation is 3. The number of benzene rings is 1. The van der Waals surface area contributed by atoms with Gasteiger partial charge in [0.05, 0.1) is 18.4 Å². The zero-order valence-corrected chi connectivity index (χ0v) is 12.9. The van der Waals surface area contributed by atoms with Gasteiger partial charge in [0.15, 0.2) is 0 Å². The van der Waals surface area contributed by atoms with Gasteiger partial charge in [-0.2, -0.15) is 5.10 Å². The van der Waals surface area contributed by atoms with Crippen LogP contribution in [0, 0.1) is 6.92 Å². The first-order valence-corrected chi connectivity index (χ1v) is 6.99. The third-order valence-corrected chi connectivity index (χ3v) is 3.38. The van der Waals surface area contributed by atoms with E-state index in [9.17, 15) is 4.79 Å². The Balaban J connectivity index is 2.21. The van der Waals surface area contributed by atoms with Gasteiger partial charge in [0, 0.05) is 31.0 Å². The summed E-state index contributed by atoms with van der Waals surface area (Å²) in [6, 6.07) is 5.71. The van der Waals surface area contributed by atoms with Crippen LogP contribution in [0.1, 0.15) is 34.1 Å². The highest BCUT2D eigenvalue weighted by Crippen LogP contribution is 2.20. The first kappa shape index (κ1) is 15.1. The van der Waals surface area contributed by atoms with Gasteiger partial charge in [-0.05, 0) is 25.5 Å². The highest BCUT2D eigenvalue weighted by Gasteiger charge is 2.13. The lowest BCUT2D eigenvalue weighted by molar-refractivity contribution is 0.0601. The zero-order valence-electron chi connectivity index (χ0n) is 12.9. The van der Waals surface area contributed by atoms with Crippen molar-refractivity contribution in [3.8, 4) is 0 Å². The number of hydrogen-bond acceptors (Lipinski definition) is 4. The lowest BCUT2D eigenvalue weighted by Crippen LogP contribution is -2.09. The van der Waals surface area contributed by atoms with Gasteiger partial charge in [-0.25, -0.2) is 4.79 Å². The number of esters is 1. The molecule has 0 saturated heterocycles. The number of hydrogen-bond donors (Lipinski definition) is 1. The van der Waals surface area contributed by atoms with E-state index >= 15 is 0 Å². The lowest BCUT2D eigenvalue weighted by atomic mass is 10.1. The largest absolute Gasteiger partial charge is 0.465 e. The highest BCUT2D eigenvalue weighted by molar-refractivity contribution is 5.95. The van der Waals surface area contributed by atoms with E-state index in [2.05, 4.69) is 17.3 Å². The Morgan fingerprint density at radius 2 is 2.19 bits per heavy atom. The van der Waals surface area contributed by atoms with E-state index in [1.165, 1.54) is 7.11 Å². The van der Waals surface area contributed by atoms with Crippen LogP contribution < -0.4 is 5.32 Å². The molecule has 5 nitrogen and oxygen atoms in total. The van der Waals surface area contributed by atoms with Gasteiger partial charge in [-0.1, -0.05) is 18.6 Å². The average Bonchev–Trinajstić information content (AvgIpc) is 2.85. The van der Waals surface area contributed by atoms with Crippen molar-refractivity contribution in [3.05, 3.63) is 46.8 Å². The summed E-state index contributed by atoms with van der Waals surface area (Å²) < 4.78 is 6.65. The smallest absolute Gasteiger partial charge is 0.339 e. The normalized spacial score (nSPS) is 10.5. The molecule has 1 aromatic heterocycles. The van der Waals surface area contributed by atoms with Crippen LogP contribution in [-0.4, -0.2) is 22.9 Å². The van der Waals surface area contributed by atoms with Crippen molar-refractivity contribution in [3.63, 3.8) is 0 Å². The number of nitrogens with zero attached hydrogens (tertiary/aromatic N) is 2. The number of carbonyl (C=O) groups excluding carboxylic acids is 1. The Bertz CT molecular complexity index is 647. The Morgan fingerprint density at radius 3 is 2.86 bits per heavy atom. The molecule has 0 bridgehead atoms. The van der Waals surface area contributed by atoms with Crippen LogP contribution in [0.15, 0.2) is 24.4 Å². The Morgan fingerprint density at radius 1 is 1.43 bits per heavy atom. The van der Waals surface area contributed by atoms with E-state index in [1.807, 2.05) is 43.0 Å². The molecular formula is C16H21N3O2. The van der Waals surface area contributed by atoms with Crippen molar-refractivity contribution in [1.29, 1.82) is 0 Å². The van der Waals surface area contributed by atoms with E-state index in [0.717, 1.165) is 28.9 Å². The van der Waals surface area contributed by atoms with Crippen molar-refractivity contribution < 1.29 is 9.53 Å². The Hall–Kier alpha value is -2.30. The number of rotatable bonds is 5. The molecule has 0 saturated carbocycles. The van der Waals surface area contributed by atoms with Crippen LogP contribution in [0.25, 0.3) is 0 Å². The van der Waals surface area contributed by atoms with Crippen molar-refractivity contribution in [2.75, 3.05) is 12.4 Å². The molecule has 1 N–H and O–H groups in total. The molecule has 1 aromatic carbocycles. The highest BCUT2D eigenvalue weighted by atomic mass is 16.5. The number of nitrogens with one attached hydrogen (secondary N) is 1. The lowest BCUT2D eigenvalue weighted by Gasteiger charge is -2.11. The molecule has 0 unspecified atom stereocenters. The summed E-state index contributed by atoms with van der Waals surface area (Å²) in [5.74, 6) is -0.330. The molecule has 0 aliphatic heterocycles. The topological polar surface area (TPSA) is 56.2 Å². The zero-order chi connectivity index (χ0) is 15.4. The first-order chi connectivity index (χ1) is 10.0. The van der Waals surface area contributed by atoms with Crippen molar-refractivity contribution in [2.24, 2.45) is 7.05 Å². The third-order valence-electron chi connectivity index (χ3n) is 3.38. The maximum atomic E-state index is 11.8. The van der Waals surface area contributed by atoms with Crippen LogP contribution in [-0.2, 0) is 24.8 Å². The SMILES string of the molecule is CCc1nn(C)cc1CNc1ccc(C)cc1C(=O)OC. The number of methoxy groups -OCH3 is 1. The quantitative estimate of drug-likeness (QED) is 0.859. The first-order valence-electron chi connectivity index (χ1n) is 6.99. The van der Waals surface area contributed by atoms with Crippen LogP contribution in [0.4, 0.5) is 5.69 Å². The summed E-state index contributed by atoms with van der Waals surface area (Å²) in [5, 5.41) is 7.72. The van der Waals surface area contributed by atoms with Crippen LogP contribution in [0.2, 0.25) is 0 Å². The minimum absolute atomic E-state index is 0.330. The Labute approximate surface area is 124 Å². The summed E-state index contributed by atoms with van der Waals surface area (Å²) >= 11 is 0. The average molecular weight is 287 g/mol. The molecule has 112 valence electrons. The summed E-state index contributed by atoms with van der Waals surface area (Å²) in [6.07, 6.45) is 2.88. The van der Waals surface area contributed by atoms with E-state index in [1.54, 1.807) is 0 Å². The third kappa shape index (κ3) is 3.42. The number of aromatic nitrogens is 2. The fraction of sp³-hybridized carbons (Fsp3) is 0.375. The second-order valence-electron chi connectivity index (χ2n) is 5.02. The van der Waals surface area contributed by atoms with Gasteiger partial charge in [0.25, 0.3) is 0 Å². The van der Waals surface area contributed by atoms with Crippen molar-refractivity contribution in [2.45, 2.75) is 26.8 Å². The molecular weight excluding hydrogens is 266 g/mol. The minimum atomic E-state index is -0.330. The summed E-state index contributed by atoms with van der Waals surface area (Å²) in [5.41, 5.74) is 4.56. The van der Waals surface area contributed by atoms with Crippen molar-refractivity contribution in [1.82, 2.24) is 9.78 Å². The molecule has 0 fully saturated rings. The molecule has 0 aliphatic rings. The molecule has 21 heavy (non-hydrogen) atoms. The monoisotopic (exact) mass is 287 g/mol. The van der Waals surface area contributed by atoms with E-state index in [4.69, 9.17) is 4.74 Å². The molecule has 0 spiro atoms. The summed E-state index contributed by atoms with van der Waals surface area (Å²) in [6.45, 7) is 4.66. The minimum Gasteiger partial charge on any atom is -0.465 e. The van der Waals surface area contributed by atoms with Crippen molar-refractivity contribution >= 4 is 11.7 Å². The molecule has 0 amide bonds. The van der Waals surface area contributed by atoms with Gasteiger partial charge < -0.3 is 10.1 Å². The fourth-order valence-corrected chi connectivity index (χ4v) is 2.31. The fourth-order valence-electron chi connectivity index (χ4n) is 2.31. The summed E-state index contributed by atoms with van der Waals surface area (Å²) in [7, 11) is 3.30. The molecule has 1 heterocycles. The molecule has 2 rings (SSSR count). The predicted octanol–water partition coefficient (Wildman–Crippen LogP) is 2.69. The number of carbonyl (C=O) groups is 1. The summed E-state index contributed by atoms with van der Waals surface area (Å²) in [4.78, 5) is 11.8. The second-order valence-corrected chi connectivity index (χ2v) is 5.02. The van der Waals surface area contributed by atoms with Gasteiger partial charge in [0.1, 0.15) is 0 Å². The second kappa shape index (κ2) is 6.43. The maximum absolute atomic E-state index is 11.8. The molecule has 0 aliphatic carbocycles. The van der Waals surface area contributed by atoms with E-state index < -0.39 is 0 Å². The predicted molar refractivity (Wildman–Crippen MR) is 82.4 cm³/mol. The van der Waals surface area contributed by atoms with Crippen LogP contribution >= 0.6 is 0 Å².